The maximum Gasteiger partial charge on any atom is 0.320 e. The van der Waals surface area contributed by atoms with E-state index in [1.807, 2.05) is 0 Å². The molecule has 4 nitrogen and oxygen atoms in total. The standard InChI is InChI=1S/C9H10ClN3O/c10-8-3-1-7(2-4-8)5-13(6-11)9(12)14/h1-4,6,11H,5H2,(H2,12,14). The number of carbonyl (C=O) groups is 1. The van der Waals surface area contributed by atoms with E-state index in [4.69, 9.17) is 22.7 Å². The highest BCUT2D eigenvalue weighted by Gasteiger charge is 2.06. The zero-order valence-electron chi connectivity index (χ0n) is 7.40. The molecule has 14 heavy (non-hydrogen) atoms. The summed E-state index contributed by atoms with van der Waals surface area (Å²) >= 11 is 5.69. The first-order chi connectivity index (χ1) is 6.63. The number of benzene rings is 1. The smallest absolute Gasteiger partial charge is 0.320 e. The third kappa shape index (κ3) is 2.74. The summed E-state index contributed by atoms with van der Waals surface area (Å²) < 4.78 is 0. The predicted molar refractivity (Wildman–Crippen MR) is 55.4 cm³/mol. The van der Waals surface area contributed by atoms with Gasteiger partial charge in [-0.2, -0.15) is 0 Å². The van der Waals surface area contributed by atoms with E-state index in [2.05, 4.69) is 0 Å². The van der Waals surface area contributed by atoms with Gasteiger partial charge in [0.15, 0.2) is 0 Å². The molecule has 0 saturated carbocycles. The number of urea groups is 1. The number of rotatable bonds is 3. The van der Waals surface area contributed by atoms with Gasteiger partial charge in [-0.1, -0.05) is 23.7 Å². The van der Waals surface area contributed by atoms with Crippen molar-refractivity contribution >= 4 is 24.0 Å². The third-order valence-corrected chi connectivity index (χ3v) is 1.96. The third-order valence-electron chi connectivity index (χ3n) is 1.71. The van der Waals surface area contributed by atoms with Gasteiger partial charge < -0.3 is 5.73 Å². The van der Waals surface area contributed by atoms with Crippen molar-refractivity contribution in [2.24, 2.45) is 5.73 Å². The van der Waals surface area contributed by atoms with E-state index in [-0.39, 0.29) is 6.54 Å². The fraction of sp³-hybridized carbons (Fsp3) is 0.111. The number of nitrogens with zero attached hydrogens (tertiary/aromatic N) is 1. The van der Waals surface area contributed by atoms with Crippen LogP contribution < -0.4 is 5.73 Å². The maximum absolute atomic E-state index is 10.8. The average molecular weight is 212 g/mol. The minimum absolute atomic E-state index is 0.288. The Morgan fingerprint density at radius 2 is 2.07 bits per heavy atom. The molecular formula is C9H10ClN3O. The Morgan fingerprint density at radius 1 is 1.50 bits per heavy atom. The van der Waals surface area contributed by atoms with Gasteiger partial charge in [0.25, 0.3) is 0 Å². The number of primary amides is 1. The van der Waals surface area contributed by atoms with E-state index in [9.17, 15) is 4.79 Å². The lowest BCUT2D eigenvalue weighted by Crippen LogP contribution is -2.33. The highest BCUT2D eigenvalue weighted by molar-refractivity contribution is 6.30. The summed E-state index contributed by atoms with van der Waals surface area (Å²) in [6.45, 7) is 0.288. The molecule has 0 aliphatic carbocycles. The molecule has 0 atom stereocenters. The van der Waals surface area contributed by atoms with Crippen LogP contribution in [0.1, 0.15) is 5.56 Å². The lowest BCUT2D eigenvalue weighted by Gasteiger charge is -2.13. The number of nitrogens with two attached hydrogens (primary N) is 1. The van der Waals surface area contributed by atoms with Gasteiger partial charge in [0.1, 0.15) is 0 Å². The molecule has 0 fully saturated rings. The Balaban J connectivity index is 2.72. The average Bonchev–Trinajstić information content (AvgIpc) is 2.16. The molecule has 0 heterocycles. The number of hydrogen-bond donors (Lipinski definition) is 2. The second kappa shape index (κ2) is 4.62. The Hall–Kier alpha value is -1.55. The van der Waals surface area contributed by atoms with Crippen molar-refractivity contribution in [2.45, 2.75) is 6.54 Å². The van der Waals surface area contributed by atoms with Crippen LogP contribution in [0.4, 0.5) is 4.79 Å². The number of nitrogens with one attached hydrogen (secondary N) is 1. The van der Waals surface area contributed by atoms with Gasteiger partial charge >= 0.3 is 6.03 Å². The highest BCUT2D eigenvalue weighted by Crippen LogP contribution is 2.10. The Kier molecular flexibility index (Phi) is 3.48. The van der Waals surface area contributed by atoms with E-state index in [0.29, 0.717) is 5.02 Å². The molecule has 0 spiro atoms. The minimum atomic E-state index is -0.644. The van der Waals surface area contributed by atoms with Crippen molar-refractivity contribution in [3.8, 4) is 0 Å². The second-order valence-corrected chi connectivity index (χ2v) is 3.16. The fourth-order valence-corrected chi connectivity index (χ4v) is 1.10. The first-order valence-electron chi connectivity index (χ1n) is 3.94. The van der Waals surface area contributed by atoms with Crippen LogP contribution in [0.5, 0.6) is 0 Å². The molecular weight excluding hydrogens is 202 g/mol. The van der Waals surface area contributed by atoms with Gasteiger partial charge in [0.05, 0.1) is 12.9 Å². The summed E-state index contributed by atoms with van der Waals surface area (Å²) in [6, 6.07) is 6.36. The summed E-state index contributed by atoms with van der Waals surface area (Å²) in [5.74, 6) is 0. The van der Waals surface area contributed by atoms with Gasteiger partial charge in [-0.05, 0) is 17.7 Å². The molecule has 0 radical (unpaired) electrons. The lowest BCUT2D eigenvalue weighted by molar-refractivity contribution is 0.229. The first kappa shape index (κ1) is 10.5. The first-order valence-corrected chi connectivity index (χ1v) is 4.32. The Morgan fingerprint density at radius 3 is 2.50 bits per heavy atom. The molecule has 3 N–H and O–H groups in total. The molecule has 1 aromatic rings. The Labute approximate surface area is 86.8 Å². The molecule has 0 aliphatic heterocycles. The monoisotopic (exact) mass is 211 g/mol. The van der Waals surface area contributed by atoms with Gasteiger partial charge in [0.2, 0.25) is 0 Å². The second-order valence-electron chi connectivity index (χ2n) is 2.72. The van der Waals surface area contributed by atoms with Gasteiger partial charge in [-0.25, -0.2) is 4.79 Å². The zero-order chi connectivity index (χ0) is 10.6. The number of carbonyl (C=O) groups excluding carboxylic acids is 1. The molecule has 0 aromatic heterocycles. The molecule has 1 rings (SSSR count). The van der Waals surface area contributed by atoms with Crippen LogP contribution in [0.3, 0.4) is 0 Å². The molecule has 2 amide bonds. The van der Waals surface area contributed by atoms with Crippen LogP contribution in [0.15, 0.2) is 24.3 Å². The number of amides is 2. The van der Waals surface area contributed by atoms with Crippen LogP contribution >= 0.6 is 11.6 Å². The molecule has 0 aliphatic rings. The zero-order valence-corrected chi connectivity index (χ0v) is 8.16. The fourth-order valence-electron chi connectivity index (χ4n) is 0.974. The van der Waals surface area contributed by atoms with Crippen LogP contribution in [0, 0.1) is 5.41 Å². The SMILES string of the molecule is N=CN(Cc1ccc(Cl)cc1)C(N)=O. The number of halogens is 1. The maximum atomic E-state index is 10.8. The summed E-state index contributed by atoms with van der Waals surface area (Å²) in [5.41, 5.74) is 5.91. The van der Waals surface area contributed by atoms with Crippen molar-refractivity contribution in [1.82, 2.24) is 4.90 Å². The topological polar surface area (TPSA) is 70.2 Å². The van der Waals surface area contributed by atoms with Gasteiger partial charge in [-0.15, -0.1) is 0 Å². The lowest BCUT2D eigenvalue weighted by atomic mass is 10.2. The molecule has 0 bridgehead atoms. The van der Waals surface area contributed by atoms with E-state index in [1.54, 1.807) is 24.3 Å². The normalized spacial score (nSPS) is 9.50. The molecule has 0 saturated heterocycles. The minimum Gasteiger partial charge on any atom is -0.351 e. The van der Waals surface area contributed by atoms with Gasteiger partial charge in [0, 0.05) is 5.02 Å². The number of hydrogen-bond acceptors (Lipinski definition) is 2. The summed E-state index contributed by atoms with van der Waals surface area (Å²) in [5, 5.41) is 7.59. The van der Waals surface area contributed by atoms with E-state index in [0.717, 1.165) is 16.8 Å². The summed E-state index contributed by atoms with van der Waals surface area (Å²) in [4.78, 5) is 11.9. The Bertz CT molecular complexity index is 336. The summed E-state index contributed by atoms with van der Waals surface area (Å²) in [7, 11) is 0. The summed E-state index contributed by atoms with van der Waals surface area (Å²) in [6.07, 6.45) is 0.900. The predicted octanol–water partition coefficient (Wildman–Crippen LogP) is 1.83. The van der Waals surface area contributed by atoms with Crippen molar-refractivity contribution in [3.63, 3.8) is 0 Å². The van der Waals surface area contributed by atoms with Crippen LogP contribution in [-0.4, -0.2) is 17.3 Å². The van der Waals surface area contributed by atoms with E-state index in [1.165, 1.54) is 0 Å². The van der Waals surface area contributed by atoms with Crippen molar-refractivity contribution in [2.75, 3.05) is 0 Å². The highest BCUT2D eigenvalue weighted by atomic mass is 35.5. The molecule has 74 valence electrons. The van der Waals surface area contributed by atoms with Crippen molar-refractivity contribution < 1.29 is 4.79 Å². The van der Waals surface area contributed by atoms with Gasteiger partial charge in [-0.3, -0.25) is 10.3 Å². The van der Waals surface area contributed by atoms with Crippen LogP contribution in [0.25, 0.3) is 0 Å². The van der Waals surface area contributed by atoms with Crippen LogP contribution in [-0.2, 0) is 6.54 Å². The molecule has 5 heteroatoms. The van der Waals surface area contributed by atoms with Crippen molar-refractivity contribution in [1.29, 1.82) is 5.41 Å². The van der Waals surface area contributed by atoms with Crippen LogP contribution in [0.2, 0.25) is 5.02 Å². The van der Waals surface area contributed by atoms with E-state index < -0.39 is 6.03 Å². The van der Waals surface area contributed by atoms with E-state index >= 15 is 0 Å². The van der Waals surface area contributed by atoms with Crippen molar-refractivity contribution in [3.05, 3.63) is 34.9 Å². The molecule has 1 aromatic carbocycles. The molecule has 0 unspecified atom stereocenters. The largest absolute Gasteiger partial charge is 0.351 e. The quantitative estimate of drug-likeness (QED) is 0.581.